The fourth-order valence-electron chi connectivity index (χ4n) is 2.08. The van der Waals surface area contributed by atoms with Crippen LogP contribution in [0.1, 0.15) is 11.1 Å². The van der Waals surface area contributed by atoms with E-state index in [-0.39, 0.29) is 0 Å². The van der Waals surface area contributed by atoms with Gasteiger partial charge in [0.25, 0.3) is 0 Å². The molecular weight excluding hydrogens is 401 g/mol. The van der Waals surface area contributed by atoms with Crippen molar-refractivity contribution in [2.45, 2.75) is 13.8 Å². The van der Waals surface area contributed by atoms with Crippen LogP contribution in [-0.2, 0) is 0 Å². The van der Waals surface area contributed by atoms with Crippen LogP contribution >= 0.6 is 0 Å². The van der Waals surface area contributed by atoms with Gasteiger partial charge in [-0.15, -0.1) is 0 Å². The summed E-state index contributed by atoms with van der Waals surface area (Å²) in [5.74, 6) is 0. The van der Waals surface area contributed by atoms with Gasteiger partial charge in [0.05, 0.1) is 0 Å². The summed E-state index contributed by atoms with van der Waals surface area (Å²) in [5, 5.41) is 0. The van der Waals surface area contributed by atoms with E-state index in [2.05, 4.69) is 68.3 Å². The van der Waals surface area contributed by atoms with Gasteiger partial charge in [-0.1, -0.05) is 0 Å². The van der Waals surface area contributed by atoms with Gasteiger partial charge in [-0.25, -0.2) is 0 Å². The van der Waals surface area contributed by atoms with E-state index in [9.17, 15) is 0 Å². The van der Waals surface area contributed by atoms with Gasteiger partial charge < -0.3 is 0 Å². The third-order valence-electron chi connectivity index (χ3n) is 2.98. The van der Waals surface area contributed by atoms with Gasteiger partial charge in [0.15, 0.2) is 0 Å². The summed E-state index contributed by atoms with van der Waals surface area (Å²) in [6.07, 6.45) is 0. The SMILES string of the molecule is Cc1ccc(N(C)c2cccc[c]2[Pb])c(C)c1. The molecule has 2 rings (SSSR count). The second kappa shape index (κ2) is 5.21. The van der Waals surface area contributed by atoms with Crippen LogP contribution in [0.2, 0.25) is 0 Å². The first-order valence-electron chi connectivity index (χ1n) is 5.71. The number of anilines is 2. The van der Waals surface area contributed by atoms with Crippen LogP contribution in [0.3, 0.4) is 0 Å². The average molecular weight is 418 g/mol. The standard InChI is InChI=1S/C15H16N.Pb/c1-12-9-10-15(13(2)11-12)16(3)14-7-5-4-6-8-14;/h4-7,9-11H,1-3H3;. The number of hydrogen-bond donors (Lipinski definition) is 0. The van der Waals surface area contributed by atoms with Crippen molar-refractivity contribution in [3.05, 3.63) is 53.6 Å². The van der Waals surface area contributed by atoms with Crippen LogP contribution < -0.4 is 8.02 Å². The first-order valence-corrected chi connectivity index (χ1v) is 7.65. The Kier molecular flexibility index (Phi) is 3.87. The molecule has 1 nitrogen and oxygen atoms in total. The Balaban J connectivity index is 2.44. The number of rotatable bonds is 2. The van der Waals surface area contributed by atoms with Crippen molar-refractivity contribution in [1.82, 2.24) is 0 Å². The Morgan fingerprint density at radius 1 is 0.941 bits per heavy atom. The van der Waals surface area contributed by atoms with E-state index in [1.807, 2.05) is 0 Å². The summed E-state index contributed by atoms with van der Waals surface area (Å²) < 4.78 is 1.44. The number of benzene rings is 2. The van der Waals surface area contributed by atoms with E-state index >= 15 is 0 Å². The molecule has 0 fully saturated rings. The summed E-state index contributed by atoms with van der Waals surface area (Å²) in [5.41, 5.74) is 5.27. The molecule has 0 bridgehead atoms. The molecule has 85 valence electrons. The molecule has 0 saturated carbocycles. The molecule has 2 heteroatoms. The maximum atomic E-state index is 2.29. The zero-order valence-electron chi connectivity index (χ0n) is 10.5. The predicted molar refractivity (Wildman–Crippen MR) is 75.8 cm³/mol. The van der Waals surface area contributed by atoms with Crippen molar-refractivity contribution in [3.8, 4) is 0 Å². The molecule has 0 unspecified atom stereocenters. The number of para-hydroxylation sites is 1. The maximum absolute atomic E-state index is 2.29. The van der Waals surface area contributed by atoms with Gasteiger partial charge in [-0.2, -0.15) is 0 Å². The summed E-state index contributed by atoms with van der Waals surface area (Å²) in [6, 6.07) is 15.2. The van der Waals surface area contributed by atoms with Crippen molar-refractivity contribution in [2.24, 2.45) is 0 Å². The van der Waals surface area contributed by atoms with E-state index < -0.39 is 0 Å². The van der Waals surface area contributed by atoms with E-state index in [0.29, 0.717) is 0 Å². The molecule has 0 spiro atoms. The van der Waals surface area contributed by atoms with Crippen molar-refractivity contribution < 1.29 is 0 Å². The minimum atomic E-state index is 1.08. The van der Waals surface area contributed by atoms with Crippen molar-refractivity contribution >= 4 is 40.3 Å². The van der Waals surface area contributed by atoms with Gasteiger partial charge in [-0.05, 0) is 0 Å². The Hall–Kier alpha value is -0.838. The fourth-order valence-corrected chi connectivity index (χ4v) is 3.43. The molecule has 0 N–H and O–H groups in total. The third kappa shape index (κ3) is 2.70. The molecule has 0 aliphatic heterocycles. The molecule has 0 heterocycles. The molecule has 0 aliphatic carbocycles. The van der Waals surface area contributed by atoms with Crippen LogP contribution in [-0.4, -0.2) is 32.8 Å². The Morgan fingerprint density at radius 3 is 2.29 bits per heavy atom. The average Bonchev–Trinajstić information content (AvgIpc) is 2.29. The molecule has 0 atom stereocenters. The topological polar surface area (TPSA) is 3.24 Å². The second-order valence-corrected chi connectivity index (χ2v) is 6.46. The summed E-state index contributed by atoms with van der Waals surface area (Å²) >= 11 is 1.08. The molecule has 0 aromatic heterocycles. The van der Waals surface area contributed by atoms with E-state index in [1.165, 1.54) is 25.6 Å². The summed E-state index contributed by atoms with van der Waals surface area (Å²) in [4.78, 5) is 2.29. The zero-order valence-corrected chi connectivity index (χ0v) is 14.4. The predicted octanol–water partition coefficient (Wildman–Crippen LogP) is 2.87. The number of hydrogen-bond acceptors (Lipinski definition) is 1. The molecule has 3 radical (unpaired) electrons. The van der Waals surface area contributed by atoms with Crippen LogP contribution in [0.15, 0.2) is 42.5 Å². The zero-order chi connectivity index (χ0) is 12.4. The van der Waals surface area contributed by atoms with Gasteiger partial charge in [0.2, 0.25) is 0 Å². The normalized spacial score (nSPS) is 10.4. The molecule has 0 aliphatic rings. The van der Waals surface area contributed by atoms with Crippen LogP contribution in [0, 0.1) is 13.8 Å². The Bertz CT molecular complexity index is 534. The van der Waals surface area contributed by atoms with Crippen molar-refractivity contribution in [2.75, 3.05) is 11.9 Å². The minimum absolute atomic E-state index is 1.08. The molecule has 2 aromatic rings. The Morgan fingerprint density at radius 2 is 1.65 bits per heavy atom. The van der Waals surface area contributed by atoms with Crippen LogP contribution in [0.25, 0.3) is 0 Å². The van der Waals surface area contributed by atoms with Gasteiger partial charge in [0, 0.05) is 0 Å². The second-order valence-electron chi connectivity index (χ2n) is 4.37. The van der Waals surface area contributed by atoms with E-state index in [1.54, 1.807) is 0 Å². The molecule has 0 amide bonds. The molecule has 0 saturated heterocycles. The first-order chi connectivity index (χ1) is 8.09. The Labute approximate surface area is 119 Å². The monoisotopic (exact) mass is 418 g/mol. The van der Waals surface area contributed by atoms with Crippen molar-refractivity contribution in [1.29, 1.82) is 0 Å². The number of aryl methyl sites for hydroxylation is 2. The van der Waals surface area contributed by atoms with Gasteiger partial charge in [-0.3, -0.25) is 0 Å². The van der Waals surface area contributed by atoms with E-state index in [0.717, 1.165) is 25.8 Å². The van der Waals surface area contributed by atoms with Gasteiger partial charge in [0.1, 0.15) is 0 Å². The van der Waals surface area contributed by atoms with Crippen LogP contribution in [0.5, 0.6) is 0 Å². The molecule has 2 aromatic carbocycles. The molecular formula is C15H16NPb. The fraction of sp³-hybridized carbons (Fsp3) is 0.200. The summed E-state index contributed by atoms with van der Waals surface area (Å²) in [6.45, 7) is 4.31. The number of nitrogens with zero attached hydrogens (tertiary/aromatic N) is 1. The van der Waals surface area contributed by atoms with E-state index in [4.69, 9.17) is 0 Å². The quantitative estimate of drug-likeness (QED) is 0.680. The summed E-state index contributed by atoms with van der Waals surface area (Å²) in [7, 11) is 2.15. The van der Waals surface area contributed by atoms with Crippen molar-refractivity contribution in [3.63, 3.8) is 0 Å². The first kappa shape index (κ1) is 12.6. The molecule has 17 heavy (non-hydrogen) atoms. The third-order valence-corrected chi connectivity index (χ3v) is 4.62. The van der Waals surface area contributed by atoms with Gasteiger partial charge >= 0.3 is 120 Å². The van der Waals surface area contributed by atoms with Crippen LogP contribution in [0.4, 0.5) is 11.4 Å².